The molecule has 0 fully saturated rings. The Kier molecular flexibility index (Phi) is 7.65. The average molecular weight is 296 g/mol. The van der Waals surface area contributed by atoms with E-state index in [2.05, 4.69) is 0 Å². The van der Waals surface area contributed by atoms with Crippen molar-refractivity contribution in [3.05, 3.63) is 35.9 Å². The van der Waals surface area contributed by atoms with Crippen LogP contribution >= 0.6 is 11.8 Å². The van der Waals surface area contributed by atoms with Crippen LogP contribution in [0, 0.1) is 0 Å². The fourth-order valence-corrected chi connectivity index (χ4v) is 2.38. The molecule has 0 saturated carbocycles. The molecule has 0 bridgehead atoms. The minimum Gasteiger partial charge on any atom is -0.382 e. The molecule has 1 aromatic rings. The number of hydrogen-bond donors (Lipinski definition) is 2. The largest absolute Gasteiger partial charge is 0.382 e. The average Bonchev–Trinajstić information content (AvgIpc) is 2.49. The summed E-state index contributed by atoms with van der Waals surface area (Å²) in [7, 11) is 1.70. The van der Waals surface area contributed by atoms with Gasteiger partial charge < -0.3 is 15.7 Å². The number of rotatable bonds is 8. The lowest BCUT2D eigenvalue weighted by Crippen LogP contribution is -2.47. The van der Waals surface area contributed by atoms with Gasteiger partial charge in [-0.25, -0.2) is 0 Å². The van der Waals surface area contributed by atoms with Crippen LogP contribution < -0.4 is 5.73 Å². The van der Waals surface area contributed by atoms with Crippen LogP contribution in [0.4, 0.5) is 0 Å². The zero-order valence-corrected chi connectivity index (χ0v) is 13.0. The number of carbonyl (C=O) groups is 1. The van der Waals surface area contributed by atoms with Gasteiger partial charge in [0.2, 0.25) is 0 Å². The lowest BCUT2D eigenvalue weighted by atomic mass is 10.1. The molecule has 4 nitrogen and oxygen atoms in total. The monoisotopic (exact) mass is 296 g/mol. The maximum absolute atomic E-state index is 12.1. The van der Waals surface area contributed by atoms with Crippen molar-refractivity contribution in [2.24, 2.45) is 5.73 Å². The molecule has 1 unspecified atom stereocenters. The molecule has 1 rings (SSSR count). The van der Waals surface area contributed by atoms with Gasteiger partial charge in [-0.2, -0.15) is 11.8 Å². The fourth-order valence-electron chi connectivity index (χ4n) is 1.87. The lowest BCUT2D eigenvalue weighted by molar-refractivity contribution is -0.139. The molecule has 0 aliphatic heterocycles. The molecule has 3 N–H and O–H groups in total. The number of aliphatic hydroxyl groups is 1. The first-order chi connectivity index (χ1) is 9.56. The van der Waals surface area contributed by atoms with E-state index in [0.717, 1.165) is 12.2 Å². The van der Waals surface area contributed by atoms with E-state index in [1.54, 1.807) is 23.7 Å². The summed E-state index contributed by atoms with van der Waals surface area (Å²) in [6.45, 7) is 0.579. The predicted octanol–water partition coefficient (Wildman–Crippen LogP) is 1.13. The van der Waals surface area contributed by atoms with Crippen molar-refractivity contribution in [3.8, 4) is 0 Å². The highest BCUT2D eigenvalue weighted by Gasteiger charge is 2.25. The second kappa shape index (κ2) is 9.00. The van der Waals surface area contributed by atoms with Crippen LogP contribution in [0.15, 0.2) is 30.3 Å². The van der Waals surface area contributed by atoms with Crippen molar-refractivity contribution in [2.75, 3.05) is 25.6 Å². The summed E-state index contributed by atoms with van der Waals surface area (Å²) in [5.74, 6) is 0.550. The van der Waals surface area contributed by atoms with E-state index in [9.17, 15) is 9.90 Å². The Morgan fingerprint density at radius 1 is 1.40 bits per heavy atom. The van der Waals surface area contributed by atoms with Crippen LogP contribution in [0.1, 0.15) is 12.0 Å². The van der Waals surface area contributed by atoms with Crippen LogP contribution in [0.5, 0.6) is 0 Å². The number of amides is 1. The lowest BCUT2D eigenvalue weighted by Gasteiger charge is -2.24. The van der Waals surface area contributed by atoms with Crippen molar-refractivity contribution >= 4 is 17.7 Å². The number of nitrogens with two attached hydrogens (primary N) is 1. The number of hydrogen-bond acceptors (Lipinski definition) is 4. The van der Waals surface area contributed by atoms with E-state index in [1.165, 1.54) is 5.56 Å². The highest BCUT2D eigenvalue weighted by molar-refractivity contribution is 7.98. The molecule has 0 spiro atoms. The summed E-state index contributed by atoms with van der Waals surface area (Å²) in [5, 5.41) is 9.95. The first kappa shape index (κ1) is 17.0. The first-order valence-corrected chi connectivity index (χ1v) is 8.17. The van der Waals surface area contributed by atoms with Gasteiger partial charge in [0.1, 0.15) is 6.10 Å². The Morgan fingerprint density at radius 2 is 2.05 bits per heavy atom. The van der Waals surface area contributed by atoms with Crippen molar-refractivity contribution in [1.82, 2.24) is 4.90 Å². The number of carbonyl (C=O) groups excluding carboxylic acids is 1. The van der Waals surface area contributed by atoms with Crippen molar-refractivity contribution in [2.45, 2.75) is 25.0 Å². The third kappa shape index (κ3) is 5.53. The number of aliphatic hydroxyl groups excluding tert-OH is 1. The van der Waals surface area contributed by atoms with Crippen LogP contribution in [-0.4, -0.2) is 53.7 Å². The number of nitrogens with zero attached hydrogens (tertiary/aromatic N) is 1. The van der Waals surface area contributed by atoms with Gasteiger partial charge in [-0.05, 0) is 30.4 Å². The smallest absolute Gasteiger partial charge is 0.252 e. The van der Waals surface area contributed by atoms with Crippen LogP contribution in [0.3, 0.4) is 0 Å². The molecular weight excluding hydrogens is 272 g/mol. The Hall–Kier alpha value is -1.04. The third-order valence-electron chi connectivity index (χ3n) is 3.27. The molecule has 0 heterocycles. The van der Waals surface area contributed by atoms with Gasteiger partial charge in [0.15, 0.2) is 0 Å². The zero-order valence-electron chi connectivity index (χ0n) is 12.2. The number of likely N-dealkylation sites (N-methyl/N-ethyl adjacent to an activating group) is 1. The maximum Gasteiger partial charge on any atom is 0.252 e. The molecule has 0 radical (unpaired) electrons. The maximum atomic E-state index is 12.1. The molecule has 1 amide bonds. The van der Waals surface area contributed by atoms with Crippen LogP contribution in [-0.2, 0) is 11.2 Å². The van der Waals surface area contributed by atoms with E-state index >= 15 is 0 Å². The molecule has 112 valence electrons. The molecule has 1 aromatic carbocycles. The molecule has 5 heteroatoms. The molecule has 20 heavy (non-hydrogen) atoms. The molecule has 0 aliphatic rings. The van der Waals surface area contributed by atoms with Crippen LogP contribution in [0.2, 0.25) is 0 Å². The standard InChI is InChI=1S/C15H24N2O2S/c1-17(10-8-12-6-4-3-5-7-12)15(19)14(18)13(16)9-11-20-2/h3-7,13-14,18H,8-11,16H2,1-2H3/t13-,14?/m1/s1. The van der Waals surface area contributed by atoms with E-state index in [-0.39, 0.29) is 5.91 Å². The molecular formula is C15H24N2O2S. The fraction of sp³-hybridized carbons (Fsp3) is 0.533. The zero-order chi connectivity index (χ0) is 15.0. The highest BCUT2D eigenvalue weighted by Crippen LogP contribution is 2.06. The van der Waals surface area contributed by atoms with Gasteiger partial charge in [-0.1, -0.05) is 30.3 Å². The summed E-state index contributed by atoms with van der Waals surface area (Å²) in [6.07, 6.45) is 2.28. The van der Waals surface area contributed by atoms with E-state index in [0.29, 0.717) is 13.0 Å². The van der Waals surface area contributed by atoms with E-state index in [4.69, 9.17) is 5.73 Å². The van der Waals surface area contributed by atoms with Crippen LogP contribution in [0.25, 0.3) is 0 Å². The SMILES string of the molecule is CSCC[C@@H](N)C(O)C(=O)N(C)CCc1ccccc1. The second-order valence-electron chi connectivity index (χ2n) is 4.89. The Balaban J connectivity index is 2.41. The second-order valence-corrected chi connectivity index (χ2v) is 5.87. The minimum atomic E-state index is -1.11. The molecule has 0 saturated heterocycles. The van der Waals surface area contributed by atoms with Gasteiger partial charge in [0.05, 0.1) is 0 Å². The quantitative estimate of drug-likeness (QED) is 0.755. The highest BCUT2D eigenvalue weighted by atomic mass is 32.2. The van der Waals surface area contributed by atoms with Gasteiger partial charge in [-0.3, -0.25) is 4.79 Å². The first-order valence-electron chi connectivity index (χ1n) is 6.77. The van der Waals surface area contributed by atoms with E-state index < -0.39 is 12.1 Å². The molecule has 0 aromatic heterocycles. The summed E-state index contributed by atoms with van der Waals surface area (Å²) in [6, 6.07) is 9.48. The van der Waals surface area contributed by atoms with Crippen molar-refractivity contribution in [3.63, 3.8) is 0 Å². The number of benzene rings is 1. The predicted molar refractivity (Wildman–Crippen MR) is 84.8 cm³/mol. The van der Waals surface area contributed by atoms with Gasteiger partial charge in [0.25, 0.3) is 5.91 Å². The van der Waals surface area contributed by atoms with Gasteiger partial charge in [-0.15, -0.1) is 0 Å². The van der Waals surface area contributed by atoms with Crippen molar-refractivity contribution < 1.29 is 9.90 Å². The summed E-state index contributed by atoms with van der Waals surface area (Å²) < 4.78 is 0. The van der Waals surface area contributed by atoms with E-state index in [1.807, 2.05) is 36.6 Å². The molecule has 2 atom stereocenters. The van der Waals surface area contributed by atoms with Crippen molar-refractivity contribution in [1.29, 1.82) is 0 Å². The Labute approximate surface area is 125 Å². The number of thioether (sulfide) groups is 1. The third-order valence-corrected chi connectivity index (χ3v) is 3.91. The van der Waals surface area contributed by atoms with Gasteiger partial charge in [0, 0.05) is 19.6 Å². The Bertz CT molecular complexity index is 400. The summed E-state index contributed by atoms with van der Waals surface area (Å²) in [5.41, 5.74) is 7.01. The topological polar surface area (TPSA) is 66.6 Å². The summed E-state index contributed by atoms with van der Waals surface area (Å²) in [4.78, 5) is 13.6. The minimum absolute atomic E-state index is 0.297. The normalized spacial score (nSPS) is 13.8. The summed E-state index contributed by atoms with van der Waals surface area (Å²) >= 11 is 1.66. The van der Waals surface area contributed by atoms with Gasteiger partial charge >= 0.3 is 0 Å². The Morgan fingerprint density at radius 3 is 2.65 bits per heavy atom. The molecule has 0 aliphatic carbocycles.